The Bertz CT molecular complexity index is 477. The molecule has 2 aromatic rings. The minimum absolute atomic E-state index is 0.0871. The topological polar surface area (TPSA) is 56.2 Å². The van der Waals surface area contributed by atoms with Crippen LogP contribution in [-0.4, -0.2) is 5.78 Å². The van der Waals surface area contributed by atoms with E-state index in [-0.39, 0.29) is 5.78 Å². The maximum absolute atomic E-state index is 11.0. The Labute approximate surface area is 89.0 Å². The van der Waals surface area contributed by atoms with Gasteiger partial charge in [-0.15, -0.1) is 0 Å². The van der Waals surface area contributed by atoms with Crippen molar-refractivity contribution in [1.29, 1.82) is 0 Å². The fourth-order valence-corrected chi connectivity index (χ4v) is 1.58. The van der Waals surface area contributed by atoms with Crippen LogP contribution in [0.25, 0.3) is 11.0 Å². The molecule has 0 radical (unpaired) electrons. The van der Waals surface area contributed by atoms with E-state index in [1.807, 2.05) is 0 Å². The van der Waals surface area contributed by atoms with Gasteiger partial charge in [0.25, 0.3) is 0 Å². The molecule has 0 unspecified atom stereocenters. The maximum Gasteiger partial charge on any atom is 0.194 e. The number of anilines is 1. The van der Waals surface area contributed by atoms with Gasteiger partial charge in [0.2, 0.25) is 0 Å². The van der Waals surface area contributed by atoms with Crippen LogP contribution in [0.3, 0.4) is 0 Å². The van der Waals surface area contributed by atoms with Crippen LogP contribution in [0.1, 0.15) is 17.5 Å². The first-order chi connectivity index (χ1) is 6.58. The van der Waals surface area contributed by atoms with E-state index in [0.29, 0.717) is 17.0 Å². The van der Waals surface area contributed by atoms with E-state index in [0.717, 1.165) is 9.86 Å². The first-order valence-electron chi connectivity index (χ1n) is 4.07. The zero-order valence-corrected chi connectivity index (χ0v) is 9.09. The SMILES string of the molecule is CC(=O)c1cc2cc(N)c(Br)cc2o1. The molecule has 2 N–H and O–H groups in total. The molecule has 4 heteroatoms. The number of carbonyl (C=O) groups excluding carboxylic acids is 1. The first-order valence-corrected chi connectivity index (χ1v) is 4.87. The van der Waals surface area contributed by atoms with Gasteiger partial charge in [-0.25, -0.2) is 0 Å². The molecule has 0 saturated carbocycles. The number of benzene rings is 1. The van der Waals surface area contributed by atoms with E-state index in [2.05, 4.69) is 15.9 Å². The lowest BCUT2D eigenvalue weighted by molar-refractivity contribution is 0.0989. The molecule has 2 rings (SSSR count). The summed E-state index contributed by atoms with van der Waals surface area (Å²) in [6.45, 7) is 1.47. The van der Waals surface area contributed by atoms with E-state index in [4.69, 9.17) is 10.2 Å². The van der Waals surface area contributed by atoms with Crippen molar-refractivity contribution >= 4 is 38.4 Å². The molecule has 1 heterocycles. The highest BCUT2D eigenvalue weighted by Gasteiger charge is 2.09. The van der Waals surface area contributed by atoms with E-state index >= 15 is 0 Å². The minimum Gasteiger partial charge on any atom is -0.453 e. The third kappa shape index (κ3) is 1.42. The summed E-state index contributed by atoms with van der Waals surface area (Å²) < 4.78 is 6.10. The van der Waals surface area contributed by atoms with Gasteiger partial charge >= 0.3 is 0 Å². The fourth-order valence-electron chi connectivity index (χ4n) is 1.25. The maximum atomic E-state index is 11.0. The van der Waals surface area contributed by atoms with E-state index in [1.165, 1.54) is 6.92 Å². The Morgan fingerprint density at radius 3 is 2.79 bits per heavy atom. The Morgan fingerprint density at radius 1 is 1.43 bits per heavy atom. The van der Waals surface area contributed by atoms with Gasteiger partial charge in [0.1, 0.15) is 5.58 Å². The second-order valence-corrected chi connectivity index (χ2v) is 3.93. The Kier molecular flexibility index (Phi) is 2.07. The summed E-state index contributed by atoms with van der Waals surface area (Å²) in [4.78, 5) is 11.0. The third-order valence-corrected chi connectivity index (χ3v) is 2.67. The molecule has 72 valence electrons. The number of fused-ring (bicyclic) bond motifs is 1. The lowest BCUT2D eigenvalue weighted by atomic mass is 10.2. The molecular formula is C10H8BrNO2. The highest BCUT2D eigenvalue weighted by molar-refractivity contribution is 9.10. The molecule has 0 saturated heterocycles. The average Bonchev–Trinajstić information content (AvgIpc) is 2.48. The van der Waals surface area contributed by atoms with Gasteiger partial charge in [-0.1, -0.05) is 0 Å². The first kappa shape index (κ1) is 9.27. The number of furan rings is 1. The number of nitrogen functional groups attached to an aromatic ring is 1. The zero-order valence-electron chi connectivity index (χ0n) is 7.50. The van der Waals surface area contributed by atoms with Crippen molar-refractivity contribution in [2.24, 2.45) is 0 Å². The number of halogens is 1. The van der Waals surface area contributed by atoms with Gasteiger partial charge in [-0.3, -0.25) is 4.79 Å². The number of Topliss-reactive ketones (excluding diaryl/α,β-unsaturated/α-hetero) is 1. The number of hydrogen-bond donors (Lipinski definition) is 1. The summed E-state index contributed by atoms with van der Waals surface area (Å²) in [5.74, 6) is 0.272. The standard InChI is InChI=1S/C10H8BrNO2/c1-5(13)9-3-6-2-8(12)7(11)4-10(6)14-9/h2-4H,12H2,1H3. The summed E-state index contributed by atoms with van der Waals surface area (Å²) in [7, 11) is 0. The molecule has 0 fully saturated rings. The quantitative estimate of drug-likeness (QED) is 0.628. The van der Waals surface area contributed by atoms with Crippen molar-refractivity contribution < 1.29 is 9.21 Å². The zero-order chi connectivity index (χ0) is 10.3. The van der Waals surface area contributed by atoms with Gasteiger partial charge in [-0.05, 0) is 34.1 Å². The predicted molar refractivity (Wildman–Crippen MR) is 58.3 cm³/mol. The minimum atomic E-state index is -0.0871. The number of carbonyl (C=O) groups is 1. The third-order valence-electron chi connectivity index (χ3n) is 1.98. The second kappa shape index (κ2) is 3.13. The smallest absolute Gasteiger partial charge is 0.194 e. The molecule has 0 aliphatic carbocycles. The van der Waals surface area contributed by atoms with Crippen LogP contribution < -0.4 is 5.73 Å². The monoisotopic (exact) mass is 253 g/mol. The number of rotatable bonds is 1. The largest absolute Gasteiger partial charge is 0.453 e. The van der Waals surface area contributed by atoms with Gasteiger partial charge < -0.3 is 10.2 Å². The normalized spacial score (nSPS) is 10.7. The lowest BCUT2D eigenvalue weighted by Gasteiger charge is -1.95. The Hall–Kier alpha value is -1.29. The number of nitrogens with two attached hydrogens (primary N) is 1. The van der Waals surface area contributed by atoms with Crippen molar-refractivity contribution in [3.8, 4) is 0 Å². The summed E-state index contributed by atoms with van der Waals surface area (Å²) in [5, 5.41) is 0.843. The molecule has 0 atom stereocenters. The molecule has 3 nitrogen and oxygen atoms in total. The van der Waals surface area contributed by atoms with Crippen LogP contribution in [0.5, 0.6) is 0 Å². The summed E-state index contributed by atoms with van der Waals surface area (Å²) in [6, 6.07) is 5.23. The molecule has 0 amide bonds. The lowest BCUT2D eigenvalue weighted by Crippen LogP contribution is -1.85. The number of hydrogen-bond acceptors (Lipinski definition) is 3. The van der Waals surface area contributed by atoms with Crippen molar-refractivity contribution in [1.82, 2.24) is 0 Å². The molecule has 0 aliphatic rings. The van der Waals surface area contributed by atoms with Crippen LogP contribution in [0, 0.1) is 0 Å². The van der Waals surface area contributed by atoms with Crippen LogP contribution in [0.2, 0.25) is 0 Å². The molecule has 1 aromatic heterocycles. The molecule has 1 aromatic carbocycles. The summed E-state index contributed by atoms with van der Waals surface area (Å²) in [5.41, 5.74) is 6.99. The molecular weight excluding hydrogens is 246 g/mol. The fraction of sp³-hybridized carbons (Fsp3) is 0.100. The highest BCUT2D eigenvalue weighted by atomic mass is 79.9. The van der Waals surface area contributed by atoms with Crippen molar-refractivity contribution in [2.75, 3.05) is 5.73 Å². The van der Waals surface area contributed by atoms with E-state index in [9.17, 15) is 4.79 Å². The average molecular weight is 254 g/mol. The number of ketones is 1. The van der Waals surface area contributed by atoms with Gasteiger partial charge in [0, 0.05) is 22.5 Å². The Morgan fingerprint density at radius 2 is 2.14 bits per heavy atom. The van der Waals surface area contributed by atoms with Crippen molar-refractivity contribution in [3.05, 3.63) is 28.4 Å². The van der Waals surface area contributed by atoms with Gasteiger partial charge in [-0.2, -0.15) is 0 Å². The summed E-state index contributed by atoms with van der Waals surface area (Å²) in [6.07, 6.45) is 0. The van der Waals surface area contributed by atoms with Crippen LogP contribution >= 0.6 is 15.9 Å². The summed E-state index contributed by atoms with van der Waals surface area (Å²) >= 11 is 3.29. The van der Waals surface area contributed by atoms with E-state index in [1.54, 1.807) is 18.2 Å². The molecule has 0 spiro atoms. The van der Waals surface area contributed by atoms with Crippen molar-refractivity contribution in [2.45, 2.75) is 6.92 Å². The van der Waals surface area contributed by atoms with Crippen LogP contribution in [0.15, 0.2) is 27.1 Å². The van der Waals surface area contributed by atoms with Crippen molar-refractivity contribution in [3.63, 3.8) is 0 Å². The van der Waals surface area contributed by atoms with Gasteiger partial charge in [0.05, 0.1) is 0 Å². The molecule has 14 heavy (non-hydrogen) atoms. The van der Waals surface area contributed by atoms with E-state index < -0.39 is 0 Å². The van der Waals surface area contributed by atoms with Gasteiger partial charge in [0.15, 0.2) is 11.5 Å². The molecule has 0 bridgehead atoms. The predicted octanol–water partition coefficient (Wildman–Crippen LogP) is 2.98. The second-order valence-electron chi connectivity index (χ2n) is 3.08. The molecule has 0 aliphatic heterocycles. The van der Waals surface area contributed by atoms with Crippen LogP contribution in [-0.2, 0) is 0 Å². The highest BCUT2D eigenvalue weighted by Crippen LogP contribution is 2.28. The van der Waals surface area contributed by atoms with Crippen LogP contribution in [0.4, 0.5) is 5.69 Å². The Balaban J connectivity index is 2.72.